The average molecular weight is 408 g/mol. The first-order valence-electron chi connectivity index (χ1n) is 11.1. The molecule has 2 aromatic rings. The largest absolute Gasteiger partial charge is 0.484 e. The molecule has 1 N–H and O–H groups in total. The van der Waals surface area contributed by atoms with Crippen molar-refractivity contribution < 1.29 is 9.53 Å². The fourth-order valence-corrected chi connectivity index (χ4v) is 4.60. The van der Waals surface area contributed by atoms with Crippen LogP contribution in [0.15, 0.2) is 42.5 Å². The number of anilines is 1. The smallest absolute Gasteiger partial charge is 0.258 e. The summed E-state index contributed by atoms with van der Waals surface area (Å²) in [6.07, 6.45) is 4.86. The fraction of sp³-hybridized carbons (Fsp3) is 0.480. The maximum absolute atomic E-state index is 12.5. The lowest BCUT2D eigenvalue weighted by atomic mass is 9.98. The van der Waals surface area contributed by atoms with Crippen LogP contribution in [-0.4, -0.2) is 50.6 Å². The normalized spacial score (nSPS) is 17.5. The Bertz CT molecular complexity index is 876. The van der Waals surface area contributed by atoms with E-state index in [1.807, 2.05) is 31.2 Å². The van der Waals surface area contributed by atoms with Crippen molar-refractivity contribution in [3.05, 3.63) is 59.2 Å². The van der Waals surface area contributed by atoms with E-state index in [4.69, 9.17) is 4.74 Å². The minimum Gasteiger partial charge on any atom is -0.484 e. The van der Waals surface area contributed by atoms with Crippen LogP contribution >= 0.6 is 0 Å². The summed E-state index contributed by atoms with van der Waals surface area (Å²) in [6, 6.07) is 14.9. The molecule has 4 rings (SSSR count). The molecule has 0 aromatic heterocycles. The molecular weight excluding hydrogens is 374 g/mol. The molecule has 5 nitrogen and oxygen atoms in total. The summed E-state index contributed by atoms with van der Waals surface area (Å²) >= 11 is 0. The SMILES string of the molecule is Cc1cccc(OCC(=O)NCC(c2ccc3c(c2)CCN3C)N2CCCCC2)c1. The van der Waals surface area contributed by atoms with E-state index in [0.29, 0.717) is 6.54 Å². The van der Waals surface area contributed by atoms with E-state index in [0.717, 1.165) is 37.4 Å². The van der Waals surface area contributed by atoms with E-state index >= 15 is 0 Å². The molecule has 1 saturated heterocycles. The zero-order chi connectivity index (χ0) is 20.9. The van der Waals surface area contributed by atoms with Crippen LogP contribution < -0.4 is 15.0 Å². The summed E-state index contributed by atoms with van der Waals surface area (Å²) in [4.78, 5) is 17.3. The molecule has 160 valence electrons. The predicted molar refractivity (Wildman–Crippen MR) is 121 cm³/mol. The molecule has 2 aromatic carbocycles. The number of ether oxygens (including phenoxy) is 1. The van der Waals surface area contributed by atoms with E-state index in [-0.39, 0.29) is 18.6 Å². The highest BCUT2D eigenvalue weighted by atomic mass is 16.5. The number of piperidine rings is 1. The molecular formula is C25H33N3O2. The Morgan fingerprint density at radius 2 is 1.93 bits per heavy atom. The van der Waals surface area contributed by atoms with E-state index in [1.165, 1.54) is 36.1 Å². The van der Waals surface area contributed by atoms with Gasteiger partial charge in [0, 0.05) is 25.8 Å². The summed E-state index contributed by atoms with van der Waals surface area (Å²) in [6.45, 7) is 5.95. The molecule has 0 radical (unpaired) electrons. The summed E-state index contributed by atoms with van der Waals surface area (Å²) in [5, 5.41) is 3.12. The first-order chi connectivity index (χ1) is 14.6. The van der Waals surface area contributed by atoms with Gasteiger partial charge in [-0.25, -0.2) is 0 Å². The standard InChI is InChI=1S/C25H33N3O2/c1-19-7-6-8-22(15-19)30-18-25(29)26-17-24(28-12-4-3-5-13-28)20-9-10-23-21(16-20)11-14-27(23)2/h6-10,15-16,24H,3-5,11-14,17-18H2,1-2H3,(H,26,29). The number of likely N-dealkylation sites (N-methyl/N-ethyl adjacent to an activating group) is 1. The molecule has 2 aliphatic rings. The second-order valence-corrected chi connectivity index (χ2v) is 8.58. The number of fused-ring (bicyclic) bond motifs is 1. The van der Waals surface area contributed by atoms with Gasteiger partial charge in [0.05, 0.1) is 6.04 Å². The molecule has 1 fully saturated rings. The zero-order valence-corrected chi connectivity index (χ0v) is 18.2. The van der Waals surface area contributed by atoms with E-state index < -0.39 is 0 Å². The number of amides is 1. The number of carbonyl (C=O) groups excluding carboxylic acids is 1. The average Bonchev–Trinajstić information content (AvgIpc) is 3.13. The Kier molecular flexibility index (Phi) is 6.58. The van der Waals surface area contributed by atoms with E-state index in [2.05, 4.69) is 40.4 Å². The Morgan fingerprint density at radius 1 is 1.10 bits per heavy atom. The molecule has 1 atom stereocenters. The van der Waals surface area contributed by atoms with Gasteiger partial charge >= 0.3 is 0 Å². The molecule has 1 unspecified atom stereocenters. The highest BCUT2D eigenvalue weighted by Crippen LogP contribution is 2.32. The van der Waals surface area contributed by atoms with Gasteiger partial charge in [-0.3, -0.25) is 9.69 Å². The van der Waals surface area contributed by atoms with Gasteiger partial charge < -0.3 is 15.0 Å². The Labute approximate surface area is 180 Å². The third kappa shape index (κ3) is 4.96. The lowest BCUT2D eigenvalue weighted by Gasteiger charge is -2.35. The van der Waals surface area contributed by atoms with Crippen molar-refractivity contribution in [3.8, 4) is 5.75 Å². The van der Waals surface area contributed by atoms with Crippen LogP contribution in [0.5, 0.6) is 5.75 Å². The number of benzene rings is 2. The van der Waals surface area contributed by atoms with Crippen molar-refractivity contribution in [2.75, 3.05) is 44.7 Å². The third-order valence-corrected chi connectivity index (χ3v) is 6.30. The molecule has 0 bridgehead atoms. The number of nitrogens with one attached hydrogen (secondary N) is 1. The van der Waals surface area contributed by atoms with Crippen molar-refractivity contribution in [3.63, 3.8) is 0 Å². The molecule has 0 saturated carbocycles. The van der Waals surface area contributed by atoms with Gasteiger partial charge in [-0.2, -0.15) is 0 Å². The highest BCUT2D eigenvalue weighted by molar-refractivity contribution is 5.77. The Balaban J connectivity index is 1.41. The monoisotopic (exact) mass is 407 g/mol. The van der Waals surface area contributed by atoms with E-state index in [1.54, 1.807) is 0 Å². The van der Waals surface area contributed by atoms with Gasteiger partial charge in [-0.15, -0.1) is 0 Å². The maximum Gasteiger partial charge on any atom is 0.258 e. The number of rotatable bonds is 7. The van der Waals surface area contributed by atoms with Crippen molar-refractivity contribution in [2.24, 2.45) is 0 Å². The minimum atomic E-state index is -0.0700. The quantitative estimate of drug-likeness (QED) is 0.760. The van der Waals surface area contributed by atoms with Crippen LogP contribution in [0.25, 0.3) is 0 Å². The van der Waals surface area contributed by atoms with Crippen LogP contribution in [0.3, 0.4) is 0 Å². The Hall–Kier alpha value is -2.53. The van der Waals surface area contributed by atoms with Gasteiger partial charge in [-0.1, -0.05) is 30.7 Å². The predicted octanol–water partition coefficient (Wildman–Crippen LogP) is 3.71. The zero-order valence-electron chi connectivity index (χ0n) is 18.2. The number of aryl methyl sites for hydroxylation is 1. The second kappa shape index (κ2) is 9.52. The molecule has 0 aliphatic carbocycles. The van der Waals surface area contributed by atoms with Crippen LogP contribution in [0.1, 0.15) is 42.0 Å². The third-order valence-electron chi connectivity index (χ3n) is 6.30. The van der Waals surface area contributed by atoms with Crippen LogP contribution in [-0.2, 0) is 11.2 Å². The van der Waals surface area contributed by atoms with Gasteiger partial charge in [0.15, 0.2) is 6.61 Å². The van der Waals surface area contributed by atoms with Crippen LogP contribution in [0.2, 0.25) is 0 Å². The highest BCUT2D eigenvalue weighted by Gasteiger charge is 2.25. The lowest BCUT2D eigenvalue weighted by Crippen LogP contribution is -2.41. The fourth-order valence-electron chi connectivity index (χ4n) is 4.60. The second-order valence-electron chi connectivity index (χ2n) is 8.58. The van der Waals surface area contributed by atoms with Crippen molar-refractivity contribution >= 4 is 11.6 Å². The molecule has 2 aliphatic heterocycles. The van der Waals surface area contributed by atoms with Gasteiger partial charge in [0.25, 0.3) is 5.91 Å². The number of hydrogen-bond donors (Lipinski definition) is 1. The number of carbonyl (C=O) groups is 1. The van der Waals surface area contributed by atoms with Crippen molar-refractivity contribution in [1.82, 2.24) is 10.2 Å². The summed E-state index contributed by atoms with van der Waals surface area (Å²) < 4.78 is 5.67. The summed E-state index contributed by atoms with van der Waals surface area (Å²) in [7, 11) is 2.15. The molecule has 1 amide bonds. The molecule has 0 spiro atoms. The first-order valence-corrected chi connectivity index (χ1v) is 11.1. The number of hydrogen-bond acceptors (Lipinski definition) is 4. The molecule has 2 heterocycles. The van der Waals surface area contributed by atoms with Crippen LogP contribution in [0, 0.1) is 6.92 Å². The summed E-state index contributed by atoms with van der Waals surface area (Å²) in [5.41, 5.74) is 5.20. The van der Waals surface area contributed by atoms with Crippen LogP contribution in [0.4, 0.5) is 5.69 Å². The lowest BCUT2D eigenvalue weighted by molar-refractivity contribution is -0.123. The molecule has 5 heteroatoms. The number of likely N-dealkylation sites (tertiary alicyclic amines) is 1. The van der Waals surface area contributed by atoms with Gasteiger partial charge in [-0.05, 0) is 74.2 Å². The maximum atomic E-state index is 12.5. The van der Waals surface area contributed by atoms with Crippen molar-refractivity contribution in [2.45, 2.75) is 38.6 Å². The van der Waals surface area contributed by atoms with E-state index in [9.17, 15) is 4.79 Å². The first kappa shape index (κ1) is 20.7. The van der Waals surface area contributed by atoms with Gasteiger partial charge in [0.2, 0.25) is 0 Å². The topological polar surface area (TPSA) is 44.8 Å². The Morgan fingerprint density at radius 3 is 2.73 bits per heavy atom. The van der Waals surface area contributed by atoms with Gasteiger partial charge in [0.1, 0.15) is 5.75 Å². The molecule has 30 heavy (non-hydrogen) atoms. The van der Waals surface area contributed by atoms with Crippen molar-refractivity contribution in [1.29, 1.82) is 0 Å². The minimum absolute atomic E-state index is 0.0468. The summed E-state index contributed by atoms with van der Waals surface area (Å²) in [5.74, 6) is 0.667. The number of nitrogens with zero attached hydrogens (tertiary/aromatic N) is 2.